The van der Waals surface area contributed by atoms with E-state index in [1.54, 1.807) is 6.20 Å². The lowest BCUT2D eigenvalue weighted by Gasteiger charge is -2.08. The van der Waals surface area contributed by atoms with Crippen molar-refractivity contribution in [2.75, 3.05) is 5.32 Å². The van der Waals surface area contributed by atoms with Gasteiger partial charge in [0.1, 0.15) is 0 Å². The number of amides is 2. The van der Waals surface area contributed by atoms with E-state index in [4.69, 9.17) is 0 Å². The van der Waals surface area contributed by atoms with Crippen LogP contribution in [0.2, 0.25) is 0 Å². The maximum Gasteiger partial charge on any atom is 0.320 e. The van der Waals surface area contributed by atoms with Crippen LogP contribution in [0, 0.1) is 6.92 Å². The molecule has 24 heavy (non-hydrogen) atoms. The van der Waals surface area contributed by atoms with Gasteiger partial charge in [-0.2, -0.15) is 0 Å². The van der Waals surface area contributed by atoms with Crippen molar-refractivity contribution in [3.8, 4) is 11.1 Å². The molecule has 0 atom stereocenters. The number of nitrogens with one attached hydrogen (secondary N) is 2. The van der Waals surface area contributed by atoms with E-state index in [0.29, 0.717) is 12.4 Å². The van der Waals surface area contributed by atoms with Crippen molar-refractivity contribution < 1.29 is 4.79 Å². The van der Waals surface area contributed by atoms with Gasteiger partial charge in [-0.15, -0.1) is 0 Å². The largest absolute Gasteiger partial charge is 0.334 e. The van der Waals surface area contributed by atoms with Crippen molar-refractivity contribution in [3.05, 3.63) is 78.2 Å². The van der Waals surface area contributed by atoms with Crippen molar-refractivity contribution in [2.45, 2.75) is 13.5 Å². The summed E-state index contributed by atoms with van der Waals surface area (Å²) in [6, 6.07) is 16.2. The summed E-state index contributed by atoms with van der Waals surface area (Å²) in [6.45, 7) is 2.53. The fourth-order valence-electron chi connectivity index (χ4n) is 2.35. The van der Waals surface area contributed by atoms with Crippen LogP contribution in [0.15, 0.2) is 67.1 Å². The first-order valence-corrected chi connectivity index (χ1v) is 7.67. The van der Waals surface area contributed by atoms with Gasteiger partial charge in [-0.05, 0) is 23.6 Å². The molecule has 2 aromatic carbocycles. The molecule has 0 bridgehead atoms. The summed E-state index contributed by atoms with van der Waals surface area (Å²) >= 11 is 0. The first-order valence-electron chi connectivity index (χ1n) is 7.67. The summed E-state index contributed by atoms with van der Waals surface area (Å²) in [4.78, 5) is 19.7. The number of benzene rings is 2. The highest BCUT2D eigenvalue weighted by Crippen LogP contribution is 2.20. The fourth-order valence-corrected chi connectivity index (χ4v) is 2.35. The SMILES string of the molecule is Cc1cccc(-c2ccc(CNC(=O)Nc3cnccn3)cc2)c1. The Balaban J connectivity index is 1.57. The summed E-state index contributed by atoms with van der Waals surface area (Å²) in [5, 5.41) is 5.43. The number of urea groups is 1. The fraction of sp³-hybridized carbons (Fsp3) is 0.105. The summed E-state index contributed by atoms with van der Waals surface area (Å²) in [5.41, 5.74) is 4.61. The Morgan fingerprint density at radius 2 is 1.88 bits per heavy atom. The lowest BCUT2D eigenvalue weighted by Crippen LogP contribution is -2.28. The third-order valence-corrected chi connectivity index (χ3v) is 3.56. The predicted octanol–water partition coefficient (Wildman–Crippen LogP) is 3.77. The number of rotatable bonds is 4. The minimum atomic E-state index is -0.307. The minimum absolute atomic E-state index is 0.307. The number of aromatic nitrogens is 2. The zero-order valence-electron chi connectivity index (χ0n) is 13.4. The molecule has 0 radical (unpaired) electrons. The van der Waals surface area contributed by atoms with E-state index in [1.165, 1.54) is 23.5 Å². The van der Waals surface area contributed by atoms with Gasteiger partial charge in [-0.1, -0.05) is 54.1 Å². The number of aryl methyl sites for hydroxylation is 1. The zero-order chi connectivity index (χ0) is 16.8. The van der Waals surface area contributed by atoms with Crippen LogP contribution in [-0.2, 0) is 6.54 Å². The Morgan fingerprint density at radius 1 is 1.04 bits per heavy atom. The minimum Gasteiger partial charge on any atom is -0.334 e. The topological polar surface area (TPSA) is 66.9 Å². The molecule has 0 aliphatic carbocycles. The van der Waals surface area contributed by atoms with Crippen LogP contribution in [0.3, 0.4) is 0 Å². The molecule has 2 N–H and O–H groups in total. The van der Waals surface area contributed by atoms with Crippen LogP contribution < -0.4 is 10.6 Å². The summed E-state index contributed by atoms with van der Waals surface area (Å²) < 4.78 is 0. The molecule has 2 amide bonds. The predicted molar refractivity (Wildman–Crippen MR) is 94.5 cm³/mol. The second-order valence-electron chi connectivity index (χ2n) is 5.46. The van der Waals surface area contributed by atoms with Gasteiger partial charge >= 0.3 is 6.03 Å². The third kappa shape index (κ3) is 4.16. The molecule has 5 heteroatoms. The van der Waals surface area contributed by atoms with E-state index in [0.717, 1.165) is 11.1 Å². The van der Waals surface area contributed by atoms with Crippen molar-refractivity contribution in [2.24, 2.45) is 0 Å². The zero-order valence-corrected chi connectivity index (χ0v) is 13.4. The Morgan fingerprint density at radius 3 is 2.58 bits per heavy atom. The standard InChI is InChI=1S/C19H18N4O/c1-14-3-2-4-17(11-14)16-7-5-15(6-8-16)12-22-19(24)23-18-13-20-9-10-21-18/h2-11,13H,12H2,1H3,(H2,21,22,23,24). The van der Waals surface area contributed by atoms with Crippen LogP contribution in [0.25, 0.3) is 11.1 Å². The van der Waals surface area contributed by atoms with Gasteiger partial charge in [-0.3, -0.25) is 10.3 Å². The second-order valence-corrected chi connectivity index (χ2v) is 5.46. The highest BCUT2D eigenvalue weighted by molar-refractivity contribution is 5.87. The average Bonchev–Trinajstić information content (AvgIpc) is 2.61. The van der Waals surface area contributed by atoms with E-state index in [9.17, 15) is 4.79 Å². The van der Waals surface area contributed by atoms with Gasteiger partial charge in [0.25, 0.3) is 0 Å². The number of carbonyl (C=O) groups is 1. The second kappa shape index (κ2) is 7.37. The highest BCUT2D eigenvalue weighted by Gasteiger charge is 2.03. The Hall–Kier alpha value is -3.21. The molecule has 120 valence electrons. The van der Waals surface area contributed by atoms with E-state index < -0.39 is 0 Å². The summed E-state index contributed by atoms with van der Waals surface area (Å²) in [6.07, 6.45) is 4.58. The molecule has 5 nitrogen and oxygen atoms in total. The Kier molecular flexibility index (Phi) is 4.81. The maximum atomic E-state index is 11.8. The van der Waals surface area contributed by atoms with Gasteiger partial charge in [0.15, 0.2) is 5.82 Å². The molecule has 3 aromatic rings. The number of nitrogens with zero attached hydrogens (tertiary/aromatic N) is 2. The quantitative estimate of drug-likeness (QED) is 0.769. The molecule has 1 heterocycles. The van der Waals surface area contributed by atoms with Crippen molar-refractivity contribution in [1.82, 2.24) is 15.3 Å². The first kappa shape index (κ1) is 15.7. The lowest BCUT2D eigenvalue weighted by molar-refractivity contribution is 0.251. The van der Waals surface area contributed by atoms with Gasteiger partial charge in [-0.25, -0.2) is 9.78 Å². The van der Waals surface area contributed by atoms with E-state index in [1.807, 2.05) is 12.1 Å². The van der Waals surface area contributed by atoms with Crippen LogP contribution in [0.1, 0.15) is 11.1 Å². The molecule has 0 aliphatic heterocycles. The number of hydrogen-bond acceptors (Lipinski definition) is 3. The molecule has 3 rings (SSSR count). The molecule has 0 fully saturated rings. The van der Waals surface area contributed by atoms with E-state index in [2.05, 4.69) is 63.9 Å². The van der Waals surface area contributed by atoms with Gasteiger partial charge < -0.3 is 5.32 Å². The molecule has 0 saturated heterocycles. The number of carbonyl (C=O) groups excluding carboxylic acids is 1. The Bertz CT molecular complexity index is 816. The normalized spacial score (nSPS) is 10.2. The van der Waals surface area contributed by atoms with Gasteiger partial charge in [0.2, 0.25) is 0 Å². The van der Waals surface area contributed by atoms with Crippen LogP contribution in [0.4, 0.5) is 10.6 Å². The molecule has 1 aromatic heterocycles. The molecular formula is C19H18N4O. The molecule has 0 saturated carbocycles. The summed E-state index contributed by atoms with van der Waals surface area (Å²) in [5.74, 6) is 0.421. The van der Waals surface area contributed by atoms with Crippen LogP contribution >= 0.6 is 0 Å². The van der Waals surface area contributed by atoms with E-state index in [-0.39, 0.29) is 6.03 Å². The lowest BCUT2D eigenvalue weighted by atomic mass is 10.0. The first-order chi connectivity index (χ1) is 11.7. The Labute approximate surface area is 140 Å². The average molecular weight is 318 g/mol. The van der Waals surface area contributed by atoms with Crippen molar-refractivity contribution in [3.63, 3.8) is 0 Å². The smallest absolute Gasteiger partial charge is 0.320 e. The monoisotopic (exact) mass is 318 g/mol. The molecule has 0 aliphatic rings. The highest BCUT2D eigenvalue weighted by atomic mass is 16.2. The third-order valence-electron chi connectivity index (χ3n) is 3.56. The summed E-state index contributed by atoms with van der Waals surface area (Å²) in [7, 11) is 0. The molecular weight excluding hydrogens is 300 g/mol. The number of hydrogen-bond donors (Lipinski definition) is 2. The molecule has 0 unspecified atom stereocenters. The van der Waals surface area contributed by atoms with Gasteiger partial charge in [0, 0.05) is 18.9 Å². The van der Waals surface area contributed by atoms with Crippen LogP contribution in [-0.4, -0.2) is 16.0 Å². The number of anilines is 1. The van der Waals surface area contributed by atoms with Crippen LogP contribution in [0.5, 0.6) is 0 Å². The molecule has 0 spiro atoms. The van der Waals surface area contributed by atoms with Crippen molar-refractivity contribution >= 4 is 11.8 Å². The maximum absolute atomic E-state index is 11.8. The van der Waals surface area contributed by atoms with E-state index >= 15 is 0 Å². The van der Waals surface area contributed by atoms with Crippen molar-refractivity contribution in [1.29, 1.82) is 0 Å². The van der Waals surface area contributed by atoms with Gasteiger partial charge in [0.05, 0.1) is 6.20 Å².